The Bertz CT molecular complexity index is 457. The molecule has 0 saturated heterocycles. The van der Waals surface area contributed by atoms with Gasteiger partial charge in [-0.1, -0.05) is 18.1 Å². The second-order valence-corrected chi connectivity index (χ2v) is 4.42. The van der Waals surface area contributed by atoms with Crippen LogP contribution in [0.1, 0.15) is 24.8 Å². The van der Waals surface area contributed by atoms with E-state index in [1.165, 1.54) is 29.3 Å². The molecule has 2 aromatic rings. The third-order valence-electron chi connectivity index (χ3n) is 3.03. The number of hydrogen-bond donors (Lipinski definition) is 1. The van der Waals surface area contributed by atoms with Crippen LogP contribution in [-0.2, 0) is 6.54 Å². The van der Waals surface area contributed by atoms with Gasteiger partial charge < -0.3 is 10.3 Å². The highest BCUT2D eigenvalue weighted by molar-refractivity contribution is 5.80. The van der Waals surface area contributed by atoms with Crippen LogP contribution in [0.5, 0.6) is 0 Å². The fourth-order valence-corrected chi connectivity index (χ4v) is 2.12. The molecule has 0 unspecified atom stereocenters. The van der Waals surface area contributed by atoms with Crippen molar-refractivity contribution in [2.75, 3.05) is 6.54 Å². The Morgan fingerprint density at radius 2 is 2.00 bits per heavy atom. The molecule has 0 aliphatic carbocycles. The molecule has 0 saturated carbocycles. The van der Waals surface area contributed by atoms with Gasteiger partial charge in [-0.05, 0) is 49.9 Å². The van der Waals surface area contributed by atoms with Gasteiger partial charge in [0.2, 0.25) is 0 Å². The van der Waals surface area contributed by atoms with E-state index < -0.39 is 0 Å². The SMILES string of the molecule is Cc1ccc2c(ccn2CCCCCN)c1. The van der Waals surface area contributed by atoms with Crippen molar-refractivity contribution in [1.29, 1.82) is 0 Å². The van der Waals surface area contributed by atoms with Crippen molar-refractivity contribution >= 4 is 10.9 Å². The van der Waals surface area contributed by atoms with Crippen LogP contribution in [-0.4, -0.2) is 11.1 Å². The van der Waals surface area contributed by atoms with Gasteiger partial charge in [-0.25, -0.2) is 0 Å². The minimum atomic E-state index is 0.811. The predicted molar refractivity (Wildman–Crippen MR) is 69.6 cm³/mol. The summed E-state index contributed by atoms with van der Waals surface area (Å²) in [5, 5.41) is 1.35. The molecule has 2 nitrogen and oxygen atoms in total. The van der Waals surface area contributed by atoms with E-state index in [2.05, 4.69) is 42.0 Å². The van der Waals surface area contributed by atoms with Crippen LogP contribution in [0.25, 0.3) is 10.9 Å². The molecule has 1 heterocycles. The summed E-state index contributed by atoms with van der Waals surface area (Å²) in [7, 11) is 0. The fraction of sp³-hybridized carbons (Fsp3) is 0.429. The molecule has 1 aromatic heterocycles. The van der Waals surface area contributed by atoms with Crippen molar-refractivity contribution < 1.29 is 0 Å². The zero-order valence-electron chi connectivity index (χ0n) is 9.95. The van der Waals surface area contributed by atoms with Gasteiger partial charge in [-0.15, -0.1) is 0 Å². The normalized spacial score (nSPS) is 11.1. The van der Waals surface area contributed by atoms with Crippen LogP contribution < -0.4 is 5.73 Å². The van der Waals surface area contributed by atoms with Crippen LogP contribution in [0.3, 0.4) is 0 Å². The van der Waals surface area contributed by atoms with Crippen molar-refractivity contribution in [2.24, 2.45) is 5.73 Å². The predicted octanol–water partition coefficient (Wildman–Crippen LogP) is 3.08. The maximum absolute atomic E-state index is 5.49. The van der Waals surface area contributed by atoms with Crippen molar-refractivity contribution in [1.82, 2.24) is 4.57 Å². The Morgan fingerprint density at radius 3 is 2.81 bits per heavy atom. The minimum Gasteiger partial charge on any atom is -0.347 e. The summed E-state index contributed by atoms with van der Waals surface area (Å²) in [5.74, 6) is 0. The van der Waals surface area contributed by atoms with E-state index in [4.69, 9.17) is 5.73 Å². The fourth-order valence-electron chi connectivity index (χ4n) is 2.12. The molecule has 0 radical (unpaired) electrons. The Labute approximate surface area is 97.1 Å². The van der Waals surface area contributed by atoms with Crippen molar-refractivity contribution in [3.05, 3.63) is 36.0 Å². The van der Waals surface area contributed by atoms with E-state index in [9.17, 15) is 0 Å². The Balaban J connectivity index is 2.07. The molecular formula is C14H20N2. The van der Waals surface area contributed by atoms with Gasteiger partial charge >= 0.3 is 0 Å². The molecule has 0 amide bonds. The molecule has 1 aromatic carbocycles. The summed E-state index contributed by atoms with van der Waals surface area (Å²) in [6.45, 7) is 4.05. The topological polar surface area (TPSA) is 30.9 Å². The molecule has 0 aliphatic heterocycles. The van der Waals surface area contributed by atoms with Crippen LogP contribution in [0, 0.1) is 6.92 Å². The largest absolute Gasteiger partial charge is 0.347 e. The average Bonchev–Trinajstić information content (AvgIpc) is 2.67. The lowest BCUT2D eigenvalue weighted by Gasteiger charge is -2.05. The quantitative estimate of drug-likeness (QED) is 0.765. The second kappa shape index (κ2) is 5.17. The second-order valence-electron chi connectivity index (χ2n) is 4.42. The number of nitrogens with zero attached hydrogens (tertiary/aromatic N) is 1. The van der Waals surface area contributed by atoms with E-state index >= 15 is 0 Å². The Kier molecular flexibility index (Phi) is 3.62. The first-order chi connectivity index (χ1) is 7.81. The van der Waals surface area contributed by atoms with Crippen LogP contribution in [0.15, 0.2) is 30.5 Å². The Morgan fingerprint density at radius 1 is 1.12 bits per heavy atom. The lowest BCUT2D eigenvalue weighted by atomic mass is 10.2. The number of hydrogen-bond acceptors (Lipinski definition) is 1. The first-order valence-corrected chi connectivity index (χ1v) is 6.07. The summed E-state index contributed by atoms with van der Waals surface area (Å²) >= 11 is 0. The molecule has 0 fully saturated rings. The van der Waals surface area contributed by atoms with Crippen molar-refractivity contribution in [3.63, 3.8) is 0 Å². The number of aryl methyl sites for hydroxylation is 2. The van der Waals surface area contributed by atoms with Crippen LogP contribution in [0.2, 0.25) is 0 Å². The highest BCUT2D eigenvalue weighted by atomic mass is 14.9. The summed E-state index contributed by atoms with van der Waals surface area (Å²) < 4.78 is 2.34. The summed E-state index contributed by atoms with van der Waals surface area (Å²) in [6.07, 6.45) is 5.77. The first-order valence-electron chi connectivity index (χ1n) is 6.07. The maximum Gasteiger partial charge on any atom is 0.0480 e. The molecule has 0 aliphatic rings. The number of rotatable bonds is 5. The molecular weight excluding hydrogens is 196 g/mol. The lowest BCUT2D eigenvalue weighted by molar-refractivity contribution is 0.603. The number of fused-ring (bicyclic) bond motifs is 1. The smallest absolute Gasteiger partial charge is 0.0480 e. The molecule has 2 rings (SSSR count). The summed E-state index contributed by atoms with van der Waals surface area (Å²) in [4.78, 5) is 0. The molecule has 2 heteroatoms. The van der Waals surface area contributed by atoms with Crippen LogP contribution >= 0.6 is 0 Å². The third-order valence-corrected chi connectivity index (χ3v) is 3.03. The van der Waals surface area contributed by atoms with Crippen LogP contribution in [0.4, 0.5) is 0 Å². The first kappa shape index (κ1) is 11.2. The van der Waals surface area contributed by atoms with Crippen molar-refractivity contribution in [2.45, 2.75) is 32.7 Å². The molecule has 16 heavy (non-hydrogen) atoms. The highest BCUT2D eigenvalue weighted by Crippen LogP contribution is 2.18. The lowest BCUT2D eigenvalue weighted by Crippen LogP contribution is -2.00. The standard InChI is InChI=1S/C14H20N2/c1-12-5-6-14-13(11-12)7-10-16(14)9-4-2-3-8-15/h5-7,10-11H,2-4,8-9,15H2,1H3. The average molecular weight is 216 g/mol. The zero-order chi connectivity index (χ0) is 11.4. The van der Waals surface area contributed by atoms with E-state index in [1.807, 2.05) is 0 Å². The molecule has 0 bridgehead atoms. The van der Waals surface area contributed by atoms with Gasteiger partial charge in [0.15, 0.2) is 0 Å². The zero-order valence-corrected chi connectivity index (χ0v) is 9.95. The summed E-state index contributed by atoms with van der Waals surface area (Å²) in [6, 6.07) is 8.84. The van der Waals surface area contributed by atoms with E-state index in [-0.39, 0.29) is 0 Å². The van der Waals surface area contributed by atoms with Gasteiger partial charge in [0.25, 0.3) is 0 Å². The number of aromatic nitrogens is 1. The highest BCUT2D eigenvalue weighted by Gasteiger charge is 2.00. The van der Waals surface area contributed by atoms with Gasteiger partial charge in [0, 0.05) is 18.3 Å². The van der Waals surface area contributed by atoms with Gasteiger partial charge in [0.1, 0.15) is 0 Å². The number of nitrogens with two attached hydrogens (primary N) is 1. The summed E-state index contributed by atoms with van der Waals surface area (Å²) in [5.41, 5.74) is 8.16. The van der Waals surface area contributed by atoms with Gasteiger partial charge in [-0.2, -0.15) is 0 Å². The Hall–Kier alpha value is -1.28. The van der Waals surface area contributed by atoms with E-state index in [0.29, 0.717) is 0 Å². The van der Waals surface area contributed by atoms with Gasteiger partial charge in [0.05, 0.1) is 0 Å². The minimum absolute atomic E-state index is 0.811. The van der Waals surface area contributed by atoms with Crippen molar-refractivity contribution in [3.8, 4) is 0 Å². The number of unbranched alkanes of at least 4 members (excludes halogenated alkanes) is 2. The maximum atomic E-state index is 5.49. The molecule has 0 atom stereocenters. The molecule has 0 spiro atoms. The van der Waals surface area contributed by atoms with Gasteiger partial charge in [-0.3, -0.25) is 0 Å². The van der Waals surface area contributed by atoms with E-state index in [0.717, 1.165) is 19.5 Å². The molecule has 86 valence electrons. The number of benzene rings is 1. The monoisotopic (exact) mass is 216 g/mol. The third kappa shape index (κ3) is 2.45. The van der Waals surface area contributed by atoms with E-state index in [1.54, 1.807) is 0 Å². The molecule has 2 N–H and O–H groups in total.